The van der Waals surface area contributed by atoms with Crippen LogP contribution < -0.4 is 5.32 Å². The number of rotatable bonds is 2. The van der Waals surface area contributed by atoms with E-state index in [0.717, 1.165) is 5.70 Å². The van der Waals surface area contributed by atoms with Crippen molar-refractivity contribution in [2.45, 2.75) is 6.92 Å². The lowest BCUT2D eigenvalue weighted by Gasteiger charge is -2.01. The average Bonchev–Trinajstić information content (AvgIpc) is 2.01. The molecule has 0 aliphatic carbocycles. The molecule has 0 amide bonds. The predicted octanol–water partition coefficient (Wildman–Crippen LogP) is 1.30. The van der Waals surface area contributed by atoms with E-state index in [2.05, 4.69) is 16.9 Å². The summed E-state index contributed by atoms with van der Waals surface area (Å²) in [5.41, 5.74) is 0.853. The molecule has 0 rings (SSSR count). The second kappa shape index (κ2) is 5.53. The molecule has 0 heterocycles. The number of hydrogen-bond donors (Lipinski definition) is 1. The molecule has 0 aliphatic rings. The number of nitrogens with one attached hydrogen (secondary N) is 1. The molecule has 1 N–H and O–H groups in total. The lowest BCUT2D eigenvalue weighted by atomic mass is 10.4. The Morgan fingerprint density at radius 3 is 2.64 bits per heavy atom. The third-order valence-electron chi connectivity index (χ3n) is 1.04. The maximum absolute atomic E-state index is 4.88. The van der Waals surface area contributed by atoms with Crippen molar-refractivity contribution in [3.05, 3.63) is 24.4 Å². The Morgan fingerprint density at radius 2 is 2.27 bits per heavy atom. The fourth-order valence-corrected chi connectivity index (χ4v) is 0.572. The van der Waals surface area contributed by atoms with E-state index < -0.39 is 0 Å². The van der Waals surface area contributed by atoms with Crippen LogP contribution in [0, 0.1) is 0 Å². The summed E-state index contributed by atoms with van der Waals surface area (Å²) in [7, 11) is 3.32. The quantitative estimate of drug-likeness (QED) is 0.369. The summed E-state index contributed by atoms with van der Waals surface area (Å²) < 4.78 is 4.88. The van der Waals surface area contributed by atoms with Gasteiger partial charge in [-0.3, -0.25) is 0 Å². The Hall–Kier alpha value is -1.25. The van der Waals surface area contributed by atoms with E-state index in [-0.39, 0.29) is 0 Å². The number of amidine groups is 1. The fraction of sp³-hybridized carbons (Fsp3) is 0.375. The van der Waals surface area contributed by atoms with Crippen LogP contribution in [-0.4, -0.2) is 20.2 Å². The fourth-order valence-electron chi connectivity index (χ4n) is 0.572. The van der Waals surface area contributed by atoms with Crippen molar-refractivity contribution in [2.75, 3.05) is 14.2 Å². The molecule has 0 aromatic carbocycles. The lowest BCUT2D eigenvalue weighted by Crippen LogP contribution is -2.19. The van der Waals surface area contributed by atoms with E-state index >= 15 is 0 Å². The molecule has 62 valence electrons. The molecule has 0 saturated carbocycles. The Labute approximate surface area is 67.5 Å². The maximum Gasteiger partial charge on any atom is 0.289 e. The third-order valence-corrected chi connectivity index (χ3v) is 1.04. The Morgan fingerprint density at radius 1 is 1.64 bits per heavy atom. The Balaban J connectivity index is 4.25. The van der Waals surface area contributed by atoms with Gasteiger partial charge in [-0.1, -0.05) is 12.7 Å². The summed E-state index contributed by atoms with van der Waals surface area (Å²) in [6.45, 7) is 5.43. The number of methoxy groups -OCH3 is 1. The van der Waals surface area contributed by atoms with Crippen LogP contribution in [-0.2, 0) is 4.74 Å². The van der Waals surface area contributed by atoms with Crippen LogP contribution in [0.25, 0.3) is 0 Å². The van der Waals surface area contributed by atoms with Gasteiger partial charge in [-0.15, -0.1) is 0 Å². The number of nitrogens with zero attached hydrogens (tertiary/aromatic N) is 1. The van der Waals surface area contributed by atoms with Crippen molar-refractivity contribution in [1.82, 2.24) is 5.32 Å². The van der Waals surface area contributed by atoms with Gasteiger partial charge >= 0.3 is 0 Å². The SMILES string of the molecule is C=C/C=C(C)\N=C(/NC)OC. The lowest BCUT2D eigenvalue weighted by molar-refractivity contribution is 0.384. The largest absolute Gasteiger partial charge is 0.468 e. The Bertz CT molecular complexity index is 177. The highest BCUT2D eigenvalue weighted by molar-refractivity contribution is 5.74. The minimum atomic E-state index is 0.501. The predicted molar refractivity (Wildman–Crippen MR) is 47.5 cm³/mol. The van der Waals surface area contributed by atoms with Crippen LogP contribution in [0.3, 0.4) is 0 Å². The van der Waals surface area contributed by atoms with E-state index in [4.69, 9.17) is 4.74 Å². The van der Waals surface area contributed by atoms with Crippen LogP contribution in [0.5, 0.6) is 0 Å². The maximum atomic E-state index is 4.88. The molecule has 0 aliphatic heterocycles. The van der Waals surface area contributed by atoms with Crippen LogP contribution in [0.2, 0.25) is 0 Å². The van der Waals surface area contributed by atoms with Gasteiger partial charge in [0.25, 0.3) is 6.02 Å². The molecule has 11 heavy (non-hydrogen) atoms. The van der Waals surface area contributed by atoms with Crippen LogP contribution >= 0.6 is 0 Å². The number of hydrogen-bond acceptors (Lipinski definition) is 2. The van der Waals surface area contributed by atoms with E-state index in [1.807, 2.05) is 6.92 Å². The number of aliphatic imine (C=N–C) groups is 1. The molecule has 0 radical (unpaired) electrons. The van der Waals surface area contributed by atoms with Crippen LogP contribution in [0.1, 0.15) is 6.92 Å². The summed E-state index contributed by atoms with van der Waals surface area (Å²) in [6.07, 6.45) is 3.48. The molecule has 0 fully saturated rings. The normalized spacial score (nSPS) is 12.6. The summed E-state index contributed by atoms with van der Waals surface area (Å²) >= 11 is 0. The molecular weight excluding hydrogens is 140 g/mol. The molecule has 0 aromatic rings. The van der Waals surface area contributed by atoms with Gasteiger partial charge in [-0.05, 0) is 13.0 Å². The first-order valence-corrected chi connectivity index (χ1v) is 3.34. The first-order valence-electron chi connectivity index (χ1n) is 3.34. The molecule has 0 aromatic heterocycles. The van der Waals surface area contributed by atoms with E-state index in [9.17, 15) is 0 Å². The summed E-state index contributed by atoms with van der Waals surface area (Å²) in [4.78, 5) is 4.08. The van der Waals surface area contributed by atoms with E-state index in [1.54, 1.807) is 26.3 Å². The van der Waals surface area contributed by atoms with Crippen molar-refractivity contribution >= 4 is 6.02 Å². The van der Waals surface area contributed by atoms with Gasteiger partial charge in [0.2, 0.25) is 0 Å². The van der Waals surface area contributed by atoms with Gasteiger partial charge in [0, 0.05) is 12.7 Å². The Kier molecular flexibility index (Phi) is 4.90. The molecule has 0 atom stereocenters. The molecule has 3 heteroatoms. The third kappa shape index (κ3) is 4.19. The van der Waals surface area contributed by atoms with Crippen molar-refractivity contribution in [1.29, 1.82) is 0 Å². The van der Waals surface area contributed by atoms with Crippen molar-refractivity contribution in [3.8, 4) is 0 Å². The second-order valence-corrected chi connectivity index (χ2v) is 1.91. The van der Waals surface area contributed by atoms with E-state index in [1.165, 1.54) is 0 Å². The van der Waals surface area contributed by atoms with Crippen LogP contribution in [0.4, 0.5) is 0 Å². The van der Waals surface area contributed by atoms with Gasteiger partial charge in [-0.2, -0.15) is 0 Å². The zero-order valence-electron chi connectivity index (χ0n) is 7.22. The van der Waals surface area contributed by atoms with Gasteiger partial charge in [0.1, 0.15) is 0 Å². The minimum Gasteiger partial charge on any atom is -0.468 e. The second-order valence-electron chi connectivity index (χ2n) is 1.91. The molecule has 0 bridgehead atoms. The minimum absolute atomic E-state index is 0.501. The molecule has 0 saturated heterocycles. The molecular formula is C8H14N2O. The molecule has 3 nitrogen and oxygen atoms in total. The van der Waals surface area contributed by atoms with E-state index in [0.29, 0.717) is 6.02 Å². The average molecular weight is 154 g/mol. The first kappa shape index (κ1) is 9.75. The van der Waals surface area contributed by atoms with Gasteiger partial charge in [-0.25, -0.2) is 4.99 Å². The van der Waals surface area contributed by atoms with Gasteiger partial charge in [0.05, 0.1) is 7.11 Å². The summed E-state index contributed by atoms with van der Waals surface area (Å²) in [5, 5.41) is 2.79. The highest BCUT2D eigenvalue weighted by atomic mass is 16.5. The van der Waals surface area contributed by atoms with Crippen molar-refractivity contribution < 1.29 is 4.74 Å². The zero-order valence-corrected chi connectivity index (χ0v) is 7.22. The summed E-state index contributed by atoms with van der Waals surface area (Å²) in [6, 6.07) is 0.501. The smallest absolute Gasteiger partial charge is 0.289 e. The van der Waals surface area contributed by atoms with Gasteiger partial charge in [0.15, 0.2) is 0 Å². The molecule has 0 spiro atoms. The monoisotopic (exact) mass is 154 g/mol. The standard InChI is InChI=1S/C8H14N2O/c1-5-6-7(2)10-8(9-3)11-4/h5-6H,1H2,2-4H3,(H,9,10)/b7-6-. The number of allylic oxidation sites excluding steroid dienone is 3. The van der Waals surface area contributed by atoms with Crippen LogP contribution in [0.15, 0.2) is 29.4 Å². The topological polar surface area (TPSA) is 33.6 Å². The van der Waals surface area contributed by atoms with Crippen molar-refractivity contribution in [3.63, 3.8) is 0 Å². The highest BCUT2D eigenvalue weighted by Crippen LogP contribution is 1.94. The first-order chi connectivity index (χ1) is 5.24. The highest BCUT2D eigenvalue weighted by Gasteiger charge is 1.90. The number of ether oxygens (including phenoxy) is 1. The zero-order chi connectivity index (χ0) is 8.69. The van der Waals surface area contributed by atoms with Crippen molar-refractivity contribution in [2.24, 2.45) is 4.99 Å². The van der Waals surface area contributed by atoms with Gasteiger partial charge < -0.3 is 10.1 Å². The summed E-state index contributed by atoms with van der Waals surface area (Å²) in [5.74, 6) is 0. The molecule has 0 unspecified atom stereocenters.